The number of ether oxygens (including phenoxy) is 6. The van der Waals surface area contributed by atoms with Crippen LogP contribution in [0.4, 0.5) is 0 Å². The van der Waals surface area contributed by atoms with E-state index in [0.29, 0.717) is 35.5 Å². The van der Waals surface area contributed by atoms with Crippen LogP contribution in [0, 0.1) is 46.3 Å². The second-order valence-electron chi connectivity index (χ2n) is 17.8. The van der Waals surface area contributed by atoms with E-state index in [-0.39, 0.29) is 29.6 Å². The fourth-order valence-electron chi connectivity index (χ4n) is 12.3. The lowest BCUT2D eigenvalue weighted by molar-refractivity contribution is -0.353. The van der Waals surface area contributed by atoms with E-state index in [4.69, 9.17) is 28.4 Å². The third kappa shape index (κ3) is 5.61. The molecule has 284 valence electrons. The lowest BCUT2D eigenvalue weighted by Gasteiger charge is -2.58. The van der Waals surface area contributed by atoms with Crippen LogP contribution < -0.4 is 0 Å². The number of allylic oxidation sites excluding steroid dienone is 1. The minimum Gasteiger partial charge on any atom is -0.394 e. The quantitative estimate of drug-likeness (QED) is 0.230. The molecule has 4 saturated heterocycles. The van der Waals surface area contributed by atoms with Crippen molar-refractivity contribution < 1.29 is 59.1 Å². The Balaban J connectivity index is 0.915. The van der Waals surface area contributed by atoms with Crippen molar-refractivity contribution in [1.29, 1.82) is 0 Å². The zero-order chi connectivity index (χ0) is 35.3. The number of hydrogen-bond acceptors (Lipinski definition) is 12. The van der Waals surface area contributed by atoms with Crippen LogP contribution in [0.3, 0.4) is 0 Å². The molecule has 7 fully saturated rings. The van der Waals surface area contributed by atoms with E-state index in [9.17, 15) is 30.6 Å². The van der Waals surface area contributed by atoms with Crippen LogP contribution in [0.25, 0.3) is 0 Å². The molecule has 8 aliphatic rings. The van der Waals surface area contributed by atoms with Gasteiger partial charge in [-0.1, -0.05) is 39.3 Å². The van der Waals surface area contributed by atoms with E-state index in [1.54, 1.807) is 0 Å². The van der Waals surface area contributed by atoms with Crippen LogP contribution in [0.15, 0.2) is 11.6 Å². The average molecular weight is 709 g/mol. The summed E-state index contributed by atoms with van der Waals surface area (Å²) in [5.41, 5.74) is 1.75. The van der Waals surface area contributed by atoms with Crippen LogP contribution in [0.2, 0.25) is 0 Å². The van der Waals surface area contributed by atoms with E-state index in [1.807, 2.05) is 0 Å². The molecular weight excluding hydrogens is 648 g/mol. The largest absolute Gasteiger partial charge is 0.394 e. The van der Waals surface area contributed by atoms with Crippen molar-refractivity contribution in [2.45, 2.75) is 159 Å². The van der Waals surface area contributed by atoms with Crippen LogP contribution in [0.5, 0.6) is 0 Å². The maximum Gasteiger partial charge on any atom is 0.186 e. The van der Waals surface area contributed by atoms with Crippen molar-refractivity contribution in [3.63, 3.8) is 0 Å². The monoisotopic (exact) mass is 708 g/mol. The Kier molecular flexibility index (Phi) is 9.59. The number of hydrogen-bond donors (Lipinski definition) is 6. The van der Waals surface area contributed by atoms with Gasteiger partial charge in [0.05, 0.1) is 32.0 Å². The average Bonchev–Trinajstić information content (AvgIpc) is 3.55. The van der Waals surface area contributed by atoms with E-state index in [2.05, 4.69) is 33.8 Å². The standard InChI is InChI=1S/C38H60O12/c1-18-7-12-38(46-16-18)19(2)28-26(50-38)14-24-22-6-5-20-13-21(8-10-36(20,3)23(22)9-11-37(24,28)4)47-35-32(44)30(42)33(27(15-39)48-35)49-34-31(43)29(41)25(40)17-45-34/h5,18-19,21-35,39-44H,6-17H2,1-4H3/t18-,19+,21+,22-,23+,24+,25-,26+,27-,28+,29+,30-,31-,32-,33-,34+,35-,36+,37+,38+/m1/s1. The summed E-state index contributed by atoms with van der Waals surface area (Å²) in [6.45, 7) is 9.66. The maximum atomic E-state index is 11.1. The van der Waals surface area contributed by atoms with E-state index in [0.717, 1.165) is 45.1 Å². The highest BCUT2D eigenvalue weighted by Gasteiger charge is 2.68. The van der Waals surface area contributed by atoms with Gasteiger partial charge in [-0.3, -0.25) is 0 Å². The fourth-order valence-corrected chi connectivity index (χ4v) is 12.3. The van der Waals surface area contributed by atoms with Crippen molar-refractivity contribution >= 4 is 0 Å². The van der Waals surface area contributed by atoms with Gasteiger partial charge in [0.25, 0.3) is 0 Å². The lowest BCUT2D eigenvalue weighted by Crippen LogP contribution is -2.63. The number of aliphatic hydroxyl groups is 6. The molecule has 4 heterocycles. The first-order valence-corrected chi connectivity index (χ1v) is 19.4. The molecule has 50 heavy (non-hydrogen) atoms. The van der Waals surface area contributed by atoms with Crippen LogP contribution in [-0.4, -0.2) is 124 Å². The molecule has 20 atom stereocenters. The van der Waals surface area contributed by atoms with Gasteiger partial charge in [-0.05, 0) is 91.8 Å². The minimum atomic E-state index is -1.59. The highest BCUT2D eigenvalue weighted by Crippen LogP contribution is 2.70. The fraction of sp³-hybridized carbons (Fsp3) is 0.947. The predicted molar refractivity (Wildman–Crippen MR) is 177 cm³/mol. The minimum absolute atomic E-state index is 0.0786. The third-order valence-corrected chi connectivity index (χ3v) is 15.2. The van der Waals surface area contributed by atoms with Gasteiger partial charge >= 0.3 is 0 Å². The zero-order valence-corrected chi connectivity index (χ0v) is 30.0. The van der Waals surface area contributed by atoms with Gasteiger partial charge in [0.2, 0.25) is 0 Å². The van der Waals surface area contributed by atoms with Crippen LogP contribution in [0.1, 0.15) is 85.5 Å². The van der Waals surface area contributed by atoms with Crippen molar-refractivity contribution in [2.24, 2.45) is 46.3 Å². The Morgan fingerprint density at radius 2 is 1.64 bits per heavy atom. The number of aliphatic hydroxyl groups excluding tert-OH is 6. The first-order chi connectivity index (χ1) is 23.8. The molecule has 12 heteroatoms. The Morgan fingerprint density at radius 3 is 2.38 bits per heavy atom. The summed E-state index contributed by atoms with van der Waals surface area (Å²) in [7, 11) is 0. The highest BCUT2D eigenvalue weighted by molar-refractivity contribution is 5.26. The number of rotatable bonds is 5. The predicted octanol–water partition coefficient (Wildman–Crippen LogP) is 2.00. The molecule has 4 aliphatic carbocycles. The smallest absolute Gasteiger partial charge is 0.186 e. The van der Waals surface area contributed by atoms with Gasteiger partial charge in [-0.25, -0.2) is 0 Å². The molecule has 0 aromatic carbocycles. The van der Waals surface area contributed by atoms with E-state index in [1.165, 1.54) is 24.8 Å². The first kappa shape index (κ1) is 36.2. The SMILES string of the molecule is C[C@@H]1CC[C@]2(OC1)O[C@H]1C[C@H]3[C@@H]4CC=C5C[C@@H](O[C@@H]6O[C@H](CO)[C@@H](O[C@@H]7OC[C@@H](O)[C@H](O)[C@H]7O)[C@H](O)[C@H]6O)CC[C@]5(C)[C@H]4CC[C@]3(C)[C@H]1[C@@H]2C. The zero-order valence-electron chi connectivity index (χ0n) is 30.0. The molecular formula is C38H60O12. The van der Waals surface area contributed by atoms with Gasteiger partial charge in [-0.2, -0.15) is 0 Å². The van der Waals surface area contributed by atoms with Crippen molar-refractivity contribution in [3.8, 4) is 0 Å². The molecule has 0 unspecified atom stereocenters. The molecule has 0 bridgehead atoms. The summed E-state index contributed by atoms with van der Waals surface area (Å²) in [5.74, 6) is 3.00. The topological polar surface area (TPSA) is 177 Å². The molecule has 1 spiro atoms. The molecule has 6 N–H and O–H groups in total. The molecule has 4 aliphatic heterocycles. The summed E-state index contributed by atoms with van der Waals surface area (Å²) in [4.78, 5) is 0. The highest BCUT2D eigenvalue weighted by atomic mass is 16.7. The van der Waals surface area contributed by atoms with Crippen LogP contribution in [-0.2, 0) is 28.4 Å². The summed E-state index contributed by atoms with van der Waals surface area (Å²) >= 11 is 0. The molecule has 0 aromatic rings. The molecule has 8 rings (SSSR count). The van der Waals surface area contributed by atoms with Gasteiger partial charge in [-0.15, -0.1) is 0 Å². The Hall–Kier alpha value is -0.740. The third-order valence-electron chi connectivity index (χ3n) is 15.2. The van der Waals surface area contributed by atoms with Gasteiger partial charge in [0.15, 0.2) is 18.4 Å². The summed E-state index contributed by atoms with van der Waals surface area (Å²) in [5, 5.41) is 62.4. The summed E-state index contributed by atoms with van der Waals surface area (Å²) < 4.78 is 36.8. The Labute approximate surface area is 295 Å². The normalized spacial score (nSPS) is 57.8. The van der Waals surface area contributed by atoms with Crippen molar-refractivity contribution in [2.75, 3.05) is 19.8 Å². The van der Waals surface area contributed by atoms with Crippen molar-refractivity contribution in [1.82, 2.24) is 0 Å². The van der Waals surface area contributed by atoms with Crippen LogP contribution >= 0.6 is 0 Å². The Morgan fingerprint density at radius 1 is 0.860 bits per heavy atom. The summed E-state index contributed by atoms with van der Waals surface area (Å²) in [6, 6.07) is 0. The molecule has 0 amide bonds. The second kappa shape index (κ2) is 13.2. The summed E-state index contributed by atoms with van der Waals surface area (Å²) in [6.07, 6.45) is -0.517. The van der Waals surface area contributed by atoms with Gasteiger partial charge in [0.1, 0.15) is 42.7 Å². The second-order valence-corrected chi connectivity index (χ2v) is 17.8. The molecule has 3 saturated carbocycles. The van der Waals surface area contributed by atoms with E-state index < -0.39 is 67.7 Å². The molecule has 0 radical (unpaired) electrons. The lowest BCUT2D eigenvalue weighted by atomic mass is 9.47. The first-order valence-electron chi connectivity index (χ1n) is 19.4. The van der Waals surface area contributed by atoms with Gasteiger partial charge in [0, 0.05) is 12.3 Å². The molecule has 12 nitrogen and oxygen atoms in total. The Bertz CT molecular complexity index is 1270. The maximum absolute atomic E-state index is 11.1. The van der Waals surface area contributed by atoms with E-state index >= 15 is 0 Å². The van der Waals surface area contributed by atoms with Gasteiger partial charge < -0.3 is 59.1 Å². The molecule has 0 aromatic heterocycles. The van der Waals surface area contributed by atoms with Crippen molar-refractivity contribution in [3.05, 3.63) is 11.6 Å². The number of fused-ring (bicyclic) bond motifs is 7.